The highest BCUT2D eigenvalue weighted by atomic mass is 16.2. The van der Waals surface area contributed by atoms with E-state index in [9.17, 15) is 4.79 Å². The van der Waals surface area contributed by atoms with Gasteiger partial charge in [0.2, 0.25) is 0 Å². The first-order valence-corrected chi connectivity index (χ1v) is 5.94. The average molecular weight is 246 g/mol. The summed E-state index contributed by atoms with van der Waals surface area (Å²) in [4.78, 5) is 18.0. The van der Waals surface area contributed by atoms with Crippen molar-refractivity contribution in [2.45, 2.75) is 26.3 Å². The molecule has 1 aromatic heterocycles. The number of rotatable bonds is 5. The van der Waals surface area contributed by atoms with Gasteiger partial charge in [-0.25, -0.2) is 4.98 Å². The third kappa shape index (κ3) is 3.20. The highest BCUT2D eigenvalue weighted by Crippen LogP contribution is 2.15. The van der Waals surface area contributed by atoms with Crippen LogP contribution >= 0.6 is 0 Å². The molecule has 0 aliphatic heterocycles. The lowest BCUT2D eigenvalue weighted by Gasteiger charge is -2.23. The molecule has 0 aromatic carbocycles. The van der Waals surface area contributed by atoms with Gasteiger partial charge < -0.3 is 10.2 Å². The molecule has 0 fully saturated rings. The van der Waals surface area contributed by atoms with Gasteiger partial charge in [-0.2, -0.15) is 5.26 Å². The lowest BCUT2D eigenvalue weighted by Crippen LogP contribution is -2.35. The summed E-state index contributed by atoms with van der Waals surface area (Å²) in [6, 6.07) is 5.43. The molecule has 1 aromatic rings. The minimum absolute atomic E-state index is 0.114. The summed E-state index contributed by atoms with van der Waals surface area (Å²) >= 11 is 0. The zero-order chi connectivity index (χ0) is 13.5. The third-order valence-corrected chi connectivity index (χ3v) is 2.75. The summed E-state index contributed by atoms with van der Waals surface area (Å²) in [7, 11) is 1.70. The van der Waals surface area contributed by atoms with Crippen LogP contribution in [0.1, 0.15) is 30.6 Å². The van der Waals surface area contributed by atoms with Gasteiger partial charge in [-0.05, 0) is 26.0 Å². The maximum absolute atomic E-state index is 12.3. The van der Waals surface area contributed by atoms with Gasteiger partial charge in [0, 0.05) is 25.8 Å². The van der Waals surface area contributed by atoms with Crippen molar-refractivity contribution in [1.29, 1.82) is 5.26 Å². The molecular weight excluding hydrogens is 228 g/mol. The molecule has 5 heteroatoms. The summed E-state index contributed by atoms with van der Waals surface area (Å²) in [6.45, 7) is 4.50. The first-order chi connectivity index (χ1) is 8.61. The van der Waals surface area contributed by atoms with Gasteiger partial charge in [-0.15, -0.1) is 0 Å². The molecule has 1 atom stereocenters. The van der Waals surface area contributed by atoms with Crippen LogP contribution in [0.15, 0.2) is 18.3 Å². The van der Waals surface area contributed by atoms with Crippen LogP contribution in [0.25, 0.3) is 0 Å². The van der Waals surface area contributed by atoms with Crippen LogP contribution in [0, 0.1) is 11.3 Å². The molecular formula is C13H18N4O. The number of carbonyl (C=O) groups excluding carboxylic acids is 1. The molecule has 1 heterocycles. The lowest BCUT2D eigenvalue weighted by molar-refractivity contribution is 0.0747. The second-order valence-electron chi connectivity index (χ2n) is 4.06. The van der Waals surface area contributed by atoms with Crippen molar-refractivity contribution in [3.63, 3.8) is 0 Å². The van der Waals surface area contributed by atoms with Crippen LogP contribution in [0.4, 0.5) is 5.82 Å². The third-order valence-electron chi connectivity index (χ3n) is 2.75. The van der Waals surface area contributed by atoms with Gasteiger partial charge in [0.15, 0.2) is 0 Å². The number of carbonyl (C=O) groups is 1. The average Bonchev–Trinajstić information content (AvgIpc) is 2.38. The summed E-state index contributed by atoms with van der Waals surface area (Å²) < 4.78 is 0. The molecule has 1 amide bonds. The first-order valence-electron chi connectivity index (χ1n) is 5.94. The van der Waals surface area contributed by atoms with Crippen LogP contribution in [0.5, 0.6) is 0 Å². The second-order valence-corrected chi connectivity index (χ2v) is 4.06. The van der Waals surface area contributed by atoms with Crippen molar-refractivity contribution in [2.75, 3.05) is 18.9 Å². The Morgan fingerprint density at radius 2 is 2.39 bits per heavy atom. The summed E-state index contributed by atoms with van der Waals surface area (Å²) in [6.07, 6.45) is 1.96. The second kappa shape index (κ2) is 6.60. The van der Waals surface area contributed by atoms with Gasteiger partial charge in [0.05, 0.1) is 18.1 Å². The Labute approximate surface area is 107 Å². The monoisotopic (exact) mass is 246 g/mol. The van der Waals surface area contributed by atoms with E-state index in [1.165, 1.54) is 0 Å². The number of pyridine rings is 1. The van der Waals surface area contributed by atoms with E-state index in [-0.39, 0.29) is 11.9 Å². The van der Waals surface area contributed by atoms with Crippen molar-refractivity contribution < 1.29 is 4.79 Å². The van der Waals surface area contributed by atoms with Gasteiger partial charge in [-0.1, -0.05) is 0 Å². The minimum atomic E-state index is -0.123. The molecule has 0 spiro atoms. The number of nitrogens with one attached hydrogen (secondary N) is 1. The van der Waals surface area contributed by atoms with E-state index in [0.717, 1.165) is 0 Å². The summed E-state index contributed by atoms with van der Waals surface area (Å²) in [5.74, 6) is 0.461. The number of nitriles is 1. The normalized spacial score (nSPS) is 11.4. The van der Waals surface area contributed by atoms with E-state index in [2.05, 4.69) is 16.4 Å². The molecule has 0 bridgehead atoms. The molecule has 96 valence electrons. The van der Waals surface area contributed by atoms with Gasteiger partial charge in [-0.3, -0.25) is 4.79 Å². The fourth-order valence-electron chi connectivity index (χ4n) is 1.55. The van der Waals surface area contributed by atoms with Crippen molar-refractivity contribution in [3.8, 4) is 6.07 Å². The van der Waals surface area contributed by atoms with Gasteiger partial charge in [0.25, 0.3) is 5.91 Å². The smallest absolute Gasteiger partial charge is 0.257 e. The maximum Gasteiger partial charge on any atom is 0.257 e. The number of nitrogens with zero attached hydrogens (tertiary/aromatic N) is 3. The number of anilines is 1. The van der Waals surface area contributed by atoms with E-state index in [1.54, 1.807) is 30.3 Å². The predicted molar refractivity (Wildman–Crippen MR) is 70.2 cm³/mol. The molecule has 0 aliphatic carbocycles. The number of hydrogen-bond acceptors (Lipinski definition) is 4. The van der Waals surface area contributed by atoms with Gasteiger partial charge in [0.1, 0.15) is 5.82 Å². The van der Waals surface area contributed by atoms with E-state index in [1.807, 2.05) is 13.8 Å². The standard InChI is InChI=1S/C13H18N4O/c1-4-15-12-11(6-5-9-16-12)13(18)17(3)10(2)7-8-14/h5-6,9-10H,4,7H2,1-3H3,(H,15,16). The first kappa shape index (κ1) is 14.0. The largest absolute Gasteiger partial charge is 0.370 e. The molecule has 5 nitrogen and oxygen atoms in total. The van der Waals surface area contributed by atoms with Crippen LogP contribution in [0.3, 0.4) is 0 Å². The predicted octanol–water partition coefficient (Wildman–Crippen LogP) is 1.89. The molecule has 0 saturated heterocycles. The highest BCUT2D eigenvalue weighted by molar-refractivity contribution is 5.98. The van der Waals surface area contributed by atoms with Gasteiger partial charge >= 0.3 is 0 Å². The zero-order valence-corrected chi connectivity index (χ0v) is 11.0. The Hall–Kier alpha value is -2.09. The highest BCUT2D eigenvalue weighted by Gasteiger charge is 2.20. The van der Waals surface area contributed by atoms with Crippen molar-refractivity contribution >= 4 is 11.7 Å². The van der Waals surface area contributed by atoms with E-state index in [4.69, 9.17) is 5.26 Å². The molecule has 1 unspecified atom stereocenters. The Balaban J connectivity index is 2.93. The SMILES string of the molecule is CCNc1ncccc1C(=O)N(C)C(C)CC#N. The molecule has 1 N–H and O–H groups in total. The van der Waals surface area contributed by atoms with Crippen LogP contribution < -0.4 is 5.32 Å². The summed E-state index contributed by atoms with van der Waals surface area (Å²) in [5, 5.41) is 11.7. The van der Waals surface area contributed by atoms with Crippen LogP contribution in [-0.2, 0) is 0 Å². The van der Waals surface area contributed by atoms with Crippen molar-refractivity contribution in [2.24, 2.45) is 0 Å². The Morgan fingerprint density at radius 3 is 3.00 bits per heavy atom. The quantitative estimate of drug-likeness (QED) is 0.861. The van der Waals surface area contributed by atoms with Crippen LogP contribution in [-0.4, -0.2) is 35.4 Å². The molecule has 0 radical (unpaired) electrons. The summed E-state index contributed by atoms with van der Waals surface area (Å²) in [5.41, 5.74) is 0.534. The Kier molecular flexibility index (Phi) is 5.12. The number of aromatic nitrogens is 1. The van der Waals surface area contributed by atoms with Crippen molar-refractivity contribution in [3.05, 3.63) is 23.9 Å². The fraction of sp³-hybridized carbons (Fsp3) is 0.462. The van der Waals surface area contributed by atoms with E-state index in [0.29, 0.717) is 24.3 Å². The fourth-order valence-corrected chi connectivity index (χ4v) is 1.55. The Bertz CT molecular complexity index is 453. The van der Waals surface area contributed by atoms with E-state index >= 15 is 0 Å². The Morgan fingerprint density at radius 1 is 1.67 bits per heavy atom. The van der Waals surface area contributed by atoms with E-state index < -0.39 is 0 Å². The number of amides is 1. The van der Waals surface area contributed by atoms with Crippen molar-refractivity contribution in [1.82, 2.24) is 9.88 Å². The number of hydrogen-bond donors (Lipinski definition) is 1. The topological polar surface area (TPSA) is 69.0 Å². The molecule has 18 heavy (non-hydrogen) atoms. The minimum Gasteiger partial charge on any atom is -0.370 e. The molecule has 1 rings (SSSR count). The molecule has 0 aliphatic rings. The lowest BCUT2D eigenvalue weighted by atomic mass is 10.1. The molecule has 0 saturated carbocycles. The van der Waals surface area contributed by atoms with Crippen LogP contribution in [0.2, 0.25) is 0 Å². The zero-order valence-electron chi connectivity index (χ0n) is 11.0. The maximum atomic E-state index is 12.3.